The summed E-state index contributed by atoms with van der Waals surface area (Å²) >= 11 is 0. The molecule has 1 saturated heterocycles. The third-order valence-corrected chi connectivity index (χ3v) is 4.20. The van der Waals surface area contributed by atoms with E-state index in [9.17, 15) is 9.90 Å². The van der Waals surface area contributed by atoms with Crippen LogP contribution >= 0.6 is 0 Å². The lowest BCUT2D eigenvalue weighted by molar-refractivity contribution is 0.0750. The topological polar surface area (TPSA) is 56.9 Å². The first-order valence-corrected chi connectivity index (χ1v) is 7.65. The Balaban J connectivity index is 1.97. The lowest BCUT2D eigenvalue weighted by atomic mass is 10.1. The molecule has 1 aromatic carbocycles. The van der Waals surface area contributed by atoms with Gasteiger partial charge in [0.1, 0.15) is 5.58 Å². The summed E-state index contributed by atoms with van der Waals surface area (Å²) < 4.78 is 5.86. The minimum Gasteiger partial charge on any atom is -0.451 e. The molecule has 0 aliphatic carbocycles. The molecule has 0 spiro atoms. The number of amides is 1. The van der Waals surface area contributed by atoms with Gasteiger partial charge in [-0.1, -0.05) is 18.2 Å². The van der Waals surface area contributed by atoms with Gasteiger partial charge in [0.15, 0.2) is 5.76 Å². The summed E-state index contributed by atoms with van der Waals surface area (Å²) in [6.07, 6.45) is 0.853. The number of hydrogen-bond donors (Lipinski definition) is 1. The van der Waals surface area contributed by atoms with Crippen molar-refractivity contribution in [3.05, 3.63) is 35.6 Å². The molecular formula is C17H22N2O3. The molecule has 1 N–H and O–H groups in total. The third kappa shape index (κ3) is 2.74. The van der Waals surface area contributed by atoms with Crippen molar-refractivity contribution in [2.45, 2.75) is 13.0 Å². The second kappa shape index (κ2) is 6.10. The molecule has 1 unspecified atom stereocenters. The number of benzene rings is 1. The van der Waals surface area contributed by atoms with Crippen molar-refractivity contribution < 1.29 is 14.3 Å². The monoisotopic (exact) mass is 302 g/mol. The lowest BCUT2D eigenvalue weighted by Gasteiger charge is -2.16. The van der Waals surface area contributed by atoms with Crippen molar-refractivity contribution in [1.29, 1.82) is 0 Å². The van der Waals surface area contributed by atoms with E-state index in [0.29, 0.717) is 25.4 Å². The summed E-state index contributed by atoms with van der Waals surface area (Å²) in [5.74, 6) is 0.558. The molecule has 5 heteroatoms. The zero-order valence-electron chi connectivity index (χ0n) is 13.1. The van der Waals surface area contributed by atoms with Crippen LogP contribution in [0.15, 0.2) is 28.7 Å². The van der Waals surface area contributed by atoms with Crippen molar-refractivity contribution in [3.8, 4) is 0 Å². The van der Waals surface area contributed by atoms with Crippen molar-refractivity contribution in [2.75, 3.05) is 33.8 Å². The van der Waals surface area contributed by atoms with Gasteiger partial charge in [-0.25, -0.2) is 0 Å². The molecule has 1 aliphatic rings. The SMILES string of the molecule is CN(C)Cc1c(C(=O)N2CCC(CO)C2)oc2ccccc12. The molecule has 0 saturated carbocycles. The molecular weight excluding hydrogens is 280 g/mol. The Morgan fingerprint density at radius 3 is 2.86 bits per heavy atom. The van der Waals surface area contributed by atoms with E-state index in [1.807, 2.05) is 43.3 Å². The quantitative estimate of drug-likeness (QED) is 0.938. The zero-order chi connectivity index (χ0) is 15.7. The first-order chi connectivity index (χ1) is 10.6. The fraction of sp³-hybridized carbons (Fsp3) is 0.471. The molecule has 1 amide bonds. The van der Waals surface area contributed by atoms with E-state index in [4.69, 9.17) is 4.42 Å². The van der Waals surface area contributed by atoms with E-state index >= 15 is 0 Å². The van der Waals surface area contributed by atoms with Crippen molar-refractivity contribution in [1.82, 2.24) is 9.80 Å². The summed E-state index contributed by atoms with van der Waals surface area (Å²) in [5.41, 5.74) is 1.69. The van der Waals surface area contributed by atoms with E-state index in [2.05, 4.69) is 0 Å². The van der Waals surface area contributed by atoms with Crippen LogP contribution in [-0.4, -0.2) is 54.6 Å². The summed E-state index contributed by atoms with van der Waals surface area (Å²) in [4.78, 5) is 16.6. The van der Waals surface area contributed by atoms with Crippen LogP contribution in [0.5, 0.6) is 0 Å². The first-order valence-electron chi connectivity index (χ1n) is 7.65. The van der Waals surface area contributed by atoms with Crippen LogP contribution in [0.4, 0.5) is 0 Å². The van der Waals surface area contributed by atoms with Gasteiger partial charge < -0.3 is 19.3 Å². The van der Waals surface area contributed by atoms with Gasteiger partial charge in [0.2, 0.25) is 0 Å². The number of aliphatic hydroxyl groups is 1. The average molecular weight is 302 g/mol. The number of rotatable bonds is 4. The molecule has 5 nitrogen and oxygen atoms in total. The predicted octanol–water partition coefficient (Wildman–Crippen LogP) is 1.95. The Morgan fingerprint density at radius 2 is 2.18 bits per heavy atom. The summed E-state index contributed by atoms with van der Waals surface area (Å²) in [5, 5.41) is 10.3. The van der Waals surface area contributed by atoms with Crippen LogP contribution in [0.2, 0.25) is 0 Å². The Bertz CT molecular complexity index is 678. The number of aliphatic hydroxyl groups excluding tert-OH is 1. The molecule has 3 rings (SSSR count). The number of furan rings is 1. The minimum absolute atomic E-state index is 0.0657. The number of likely N-dealkylation sites (tertiary alicyclic amines) is 1. The number of para-hydroxylation sites is 1. The van der Waals surface area contributed by atoms with Gasteiger partial charge in [0.05, 0.1) is 0 Å². The van der Waals surface area contributed by atoms with Gasteiger partial charge in [-0.2, -0.15) is 0 Å². The molecule has 0 radical (unpaired) electrons. The van der Waals surface area contributed by atoms with Gasteiger partial charge in [0.25, 0.3) is 5.91 Å². The van der Waals surface area contributed by atoms with E-state index < -0.39 is 0 Å². The van der Waals surface area contributed by atoms with E-state index in [-0.39, 0.29) is 18.4 Å². The highest BCUT2D eigenvalue weighted by molar-refractivity contribution is 5.99. The minimum atomic E-state index is -0.0657. The molecule has 1 aliphatic heterocycles. The molecule has 2 aromatic rings. The maximum absolute atomic E-state index is 12.8. The molecule has 0 bridgehead atoms. The van der Waals surface area contributed by atoms with E-state index in [1.54, 1.807) is 4.90 Å². The Kier molecular flexibility index (Phi) is 4.18. The predicted molar refractivity (Wildman–Crippen MR) is 84.7 cm³/mol. The second-order valence-corrected chi connectivity index (χ2v) is 6.23. The smallest absolute Gasteiger partial charge is 0.289 e. The van der Waals surface area contributed by atoms with Crippen LogP contribution < -0.4 is 0 Å². The molecule has 1 aromatic heterocycles. The molecule has 1 atom stereocenters. The molecule has 1 fully saturated rings. The normalized spacial score (nSPS) is 18.5. The Labute approximate surface area is 130 Å². The summed E-state index contributed by atoms with van der Waals surface area (Å²) in [6, 6.07) is 7.76. The van der Waals surface area contributed by atoms with Crippen LogP contribution in [0.25, 0.3) is 11.0 Å². The Hall–Kier alpha value is -1.85. The number of hydrogen-bond acceptors (Lipinski definition) is 4. The molecule has 2 heterocycles. The van der Waals surface area contributed by atoms with Crippen molar-refractivity contribution >= 4 is 16.9 Å². The second-order valence-electron chi connectivity index (χ2n) is 6.23. The van der Waals surface area contributed by atoms with Crippen molar-refractivity contribution in [2.24, 2.45) is 5.92 Å². The molecule has 22 heavy (non-hydrogen) atoms. The fourth-order valence-corrected chi connectivity index (χ4v) is 3.05. The Morgan fingerprint density at radius 1 is 1.41 bits per heavy atom. The van der Waals surface area contributed by atoms with E-state index in [0.717, 1.165) is 23.0 Å². The van der Waals surface area contributed by atoms with Gasteiger partial charge in [-0.3, -0.25) is 4.79 Å². The number of nitrogens with zero attached hydrogens (tertiary/aromatic N) is 2. The van der Waals surface area contributed by atoms with E-state index in [1.165, 1.54) is 0 Å². The zero-order valence-corrected chi connectivity index (χ0v) is 13.1. The van der Waals surface area contributed by atoms with Gasteiger partial charge in [-0.05, 0) is 26.6 Å². The van der Waals surface area contributed by atoms with Gasteiger partial charge in [-0.15, -0.1) is 0 Å². The fourth-order valence-electron chi connectivity index (χ4n) is 3.05. The maximum atomic E-state index is 12.8. The number of carbonyl (C=O) groups is 1. The first kappa shape index (κ1) is 15.1. The van der Waals surface area contributed by atoms with Crippen LogP contribution in [-0.2, 0) is 6.54 Å². The largest absolute Gasteiger partial charge is 0.451 e. The maximum Gasteiger partial charge on any atom is 0.289 e. The summed E-state index contributed by atoms with van der Waals surface area (Å²) in [6.45, 7) is 2.08. The van der Waals surface area contributed by atoms with Gasteiger partial charge in [0, 0.05) is 43.1 Å². The highest BCUT2D eigenvalue weighted by atomic mass is 16.3. The van der Waals surface area contributed by atoms with Gasteiger partial charge >= 0.3 is 0 Å². The third-order valence-electron chi connectivity index (χ3n) is 4.20. The highest BCUT2D eigenvalue weighted by Crippen LogP contribution is 2.29. The van der Waals surface area contributed by atoms with Crippen LogP contribution in [0, 0.1) is 5.92 Å². The number of carbonyl (C=O) groups excluding carboxylic acids is 1. The lowest BCUT2D eigenvalue weighted by Crippen LogP contribution is -2.30. The standard InChI is InChI=1S/C17H22N2O3/c1-18(2)10-14-13-5-3-4-6-15(13)22-16(14)17(21)19-8-7-12(9-19)11-20/h3-6,12,20H,7-11H2,1-2H3. The van der Waals surface area contributed by atoms with Crippen LogP contribution in [0.3, 0.4) is 0 Å². The molecule has 118 valence electrons. The van der Waals surface area contributed by atoms with Crippen molar-refractivity contribution in [3.63, 3.8) is 0 Å². The average Bonchev–Trinajstić information content (AvgIpc) is 3.11. The van der Waals surface area contributed by atoms with Crippen LogP contribution in [0.1, 0.15) is 22.5 Å². The highest BCUT2D eigenvalue weighted by Gasteiger charge is 2.30. The summed E-state index contributed by atoms with van der Waals surface area (Å²) in [7, 11) is 3.96. The number of fused-ring (bicyclic) bond motifs is 1.